The molecule has 2 aliphatic heterocycles. The number of rotatable bonds is 15. The predicted molar refractivity (Wildman–Crippen MR) is 291 cm³/mol. The molecule has 10 rings (SSSR count). The largest absolute Gasteiger partial charge is 0.384 e. The van der Waals surface area contributed by atoms with E-state index in [-0.39, 0.29) is 11.8 Å². The number of aromatic amines is 1. The van der Waals surface area contributed by atoms with E-state index in [2.05, 4.69) is 79.4 Å². The van der Waals surface area contributed by atoms with Gasteiger partial charge < -0.3 is 35.4 Å². The molecule has 8 aromatic rings. The lowest BCUT2D eigenvalue weighted by atomic mass is 9.79. The molecule has 0 aliphatic carbocycles. The Morgan fingerprint density at radius 3 is 1.69 bits per heavy atom. The summed E-state index contributed by atoms with van der Waals surface area (Å²) in [5.74, 6) is 0.463. The number of aromatic nitrogens is 8. The Hall–Kier alpha value is -6.54. The van der Waals surface area contributed by atoms with E-state index >= 15 is 4.39 Å². The molecule has 388 valence electrons. The van der Waals surface area contributed by atoms with Gasteiger partial charge >= 0.3 is 0 Å². The molecule has 5 N–H and O–H groups in total. The highest BCUT2D eigenvalue weighted by Gasteiger charge is 2.38. The molecule has 2 aromatic carbocycles. The Morgan fingerprint density at radius 1 is 0.689 bits per heavy atom. The molecule has 2 aliphatic rings. The number of hydrogen-bond donors (Lipinski definition) is 5. The zero-order valence-corrected chi connectivity index (χ0v) is 44.4. The lowest BCUT2D eigenvalue weighted by Gasteiger charge is -2.38. The number of nitrogens with one attached hydrogen (secondary N) is 3. The molecule has 0 radical (unpaired) electrons. The molecule has 8 heterocycles. The first-order valence-electron chi connectivity index (χ1n) is 25.5. The van der Waals surface area contributed by atoms with Crippen molar-refractivity contribution in [3.8, 4) is 22.5 Å². The quantitative estimate of drug-likeness (QED) is 0.0484. The number of fused-ring (bicyclic) bond motifs is 2. The highest BCUT2D eigenvalue weighted by atomic mass is 28.3. The summed E-state index contributed by atoms with van der Waals surface area (Å²) in [5, 5.41) is 41.9. The van der Waals surface area contributed by atoms with Crippen molar-refractivity contribution in [1.82, 2.24) is 49.7 Å². The summed E-state index contributed by atoms with van der Waals surface area (Å²) in [6.07, 6.45) is 10.6. The minimum Gasteiger partial charge on any atom is -0.384 e. The average Bonchev–Trinajstić information content (AvgIpc) is 4.11. The van der Waals surface area contributed by atoms with Gasteiger partial charge in [-0.3, -0.25) is 5.10 Å². The second kappa shape index (κ2) is 22.1. The summed E-state index contributed by atoms with van der Waals surface area (Å²) >= 11 is 0. The Bertz CT molecular complexity index is 3180. The third kappa shape index (κ3) is 12.5. The minimum absolute atomic E-state index is 0.143. The molecule has 0 saturated carbocycles. The second-order valence-corrected chi connectivity index (χ2v) is 27.2. The number of likely N-dealkylation sites (tertiary alicyclic amines) is 2. The van der Waals surface area contributed by atoms with Crippen molar-refractivity contribution in [2.75, 3.05) is 57.5 Å². The lowest BCUT2D eigenvalue weighted by molar-refractivity contribution is -0.0336. The normalized spacial score (nSPS) is 16.9. The van der Waals surface area contributed by atoms with Gasteiger partial charge in [-0.15, -0.1) is 0 Å². The van der Waals surface area contributed by atoms with Crippen molar-refractivity contribution in [1.29, 1.82) is 0 Å². The number of aliphatic hydroxyl groups is 2. The fourth-order valence-electron chi connectivity index (χ4n) is 9.67. The van der Waals surface area contributed by atoms with Gasteiger partial charge in [0.15, 0.2) is 0 Å². The molecule has 0 amide bonds. The van der Waals surface area contributed by atoms with Crippen molar-refractivity contribution in [2.24, 2.45) is 11.8 Å². The molecule has 15 nitrogen and oxygen atoms in total. The van der Waals surface area contributed by atoms with Gasteiger partial charge in [-0.05, 0) is 158 Å². The molecule has 0 bridgehead atoms. The first-order chi connectivity index (χ1) is 35.4. The molecule has 0 unspecified atom stereocenters. The van der Waals surface area contributed by atoms with Gasteiger partial charge in [-0.1, -0.05) is 31.8 Å². The second-order valence-electron chi connectivity index (χ2n) is 21.6. The monoisotopic (exact) mass is 1020 g/mol. The third-order valence-corrected chi connectivity index (χ3v) is 16.3. The molecule has 2 atom stereocenters. The predicted octanol–water partition coefficient (Wildman–Crippen LogP) is 10.7. The maximum atomic E-state index is 15.2. The van der Waals surface area contributed by atoms with E-state index in [9.17, 15) is 14.6 Å². The molecule has 2 saturated heterocycles. The van der Waals surface area contributed by atoms with Crippen molar-refractivity contribution < 1.29 is 23.7 Å². The van der Waals surface area contributed by atoms with E-state index in [1.807, 2.05) is 62.5 Å². The van der Waals surface area contributed by atoms with Gasteiger partial charge in [-0.2, -0.15) is 10.2 Å². The Morgan fingerprint density at radius 2 is 1.20 bits per heavy atom. The molecule has 18 heteroatoms. The molecule has 6 aromatic heterocycles. The fourth-order valence-corrected chi connectivity index (χ4v) is 10.4. The summed E-state index contributed by atoms with van der Waals surface area (Å²) in [6, 6.07) is 25.9. The SMILES string of the molecule is CN1CCC([C@@](C)(O)c2ccc3cnc(Nc4ccc(-c5ccn(COCC[Si](C)(C)C)n5)cc4F)cc3n2)CC1.CN1CCC([C@@](C)(O)c2ccc3cnc(Nc4ccc(-c5ccn[nH]5)cc4F)cc3n2)CC1. The van der Waals surface area contributed by atoms with Crippen LogP contribution in [0.2, 0.25) is 25.7 Å². The first-order valence-corrected chi connectivity index (χ1v) is 29.2. The van der Waals surface area contributed by atoms with Crippen LogP contribution in [0.5, 0.6) is 0 Å². The summed E-state index contributed by atoms with van der Waals surface area (Å²) in [7, 11) is 3.08. The van der Waals surface area contributed by atoms with E-state index in [1.54, 1.807) is 53.6 Å². The summed E-state index contributed by atoms with van der Waals surface area (Å²) in [5.41, 5.74) is 4.11. The van der Waals surface area contributed by atoms with Gasteiger partial charge in [-0.25, -0.2) is 33.4 Å². The smallest absolute Gasteiger partial charge is 0.147 e. The fraction of sp³-hybridized carbons (Fsp3) is 0.393. The Kier molecular flexibility index (Phi) is 15.6. The van der Waals surface area contributed by atoms with E-state index in [0.29, 0.717) is 69.0 Å². The number of ether oxygens (including phenoxy) is 1. The van der Waals surface area contributed by atoms with Gasteiger partial charge in [0.2, 0.25) is 0 Å². The van der Waals surface area contributed by atoms with Crippen LogP contribution >= 0.6 is 0 Å². The Balaban J connectivity index is 0.000000186. The van der Waals surface area contributed by atoms with Crippen LogP contribution in [-0.2, 0) is 22.7 Å². The molecular formula is C56H68F2N12O3Si. The summed E-state index contributed by atoms with van der Waals surface area (Å²) in [6.45, 7) is 15.6. The van der Waals surface area contributed by atoms with E-state index in [0.717, 1.165) is 81.0 Å². The van der Waals surface area contributed by atoms with Gasteiger partial charge in [0.25, 0.3) is 0 Å². The number of benzene rings is 2. The number of halogens is 2. The van der Waals surface area contributed by atoms with Crippen LogP contribution in [0.15, 0.2) is 110 Å². The van der Waals surface area contributed by atoms with E-state index in [4.69, 9.17) is 14.7 Å². The van der Waals surface area contributed by atoms with E-state index in [1.165, 1.54) is 12.1 Å². The number of piperidine rings is 2. The maximum Gasteiger partial charge on any atom is 0.147 e. The standard InChI is InChI=1S/C31H41FN6O2Si.C25H27FN6O/c1-31(39,24-10-13-37(2)14-11-24)29-9-7-23-20-33-30(19-28(23)34-29)35-27-8-6-22(18-25(27)32)26-12-15-38(36-26)21-40-16-17-41(3,4)5;1-25(33,18-8-11-32(2)12-9-18)23-6-4-17-15-27-24(14-22(17)29-23)30-21-5-3-16(13-19(21)26)20-7-10-28-31-20/h6-9,12,15,18-20,24,39H,10-11,13-14,16-17,21H2,1-5H3,(H,33,35);3-7,10,13-15,18,33H,8-9,11-12H2,1-2H3,(H,27,30)(H,28,31)/t31-;25-/m11/s1. The number of hydrogen-bond acceptors (Lipinski definition) is 13. The van der Waals surface area contributed by atoms with Crippen LogP contribution in [0.25, 0.3) is 44.3 Å². The number of pyridine rings is 4. The Labute approximate surface area is 432 Å². The summed E-state index contributed by atoms with van der Waals surface area (Å²) < 4.78 is 37.4. The van der Waals surface area contributed by atoms with Crippen LogP contribution in [-0.4, -0.2) is 115 Å². The minimum atomic E-state index is -1.14. The van der Waals surface area contributed by atoms with Crippen LogP contribution < -0.4 is 10.6 Å². The molecule has 2 fully saturated rings. The van der Waals surface area contributed by atoms with Crippen molar-refractivity contribution in [3.63, 3.8) is 0 Å². The van der Waals surface area contributed by atoms with Gasteiger partial charge in [0.05, 0.1) is 45.2 Å². The van der Waals surface area contributed by atoms with Crippen molar-refractivity contribution in [2.45, 2.75) is 83.1 Å². The highest BCUT2D eigenvalue weighted by Crippen LogP contribution is 2.38. The molecular weight excluding hydrogens is 955 g/mol. The molecule has 74 heavy (non-hydrogen) atoms. The zero-order chi connectivity index (χ0) is 52.2. The van der Waals surface area contributed by atoms with Crippen LogP contribution in [0.4, 0.5) is 31.8 Å². The summed E-state index contributed by atoms with van der Waals surface area (Å²) in [4.78, 5) is 23.0. The number of H-pyrrole nitrogens is 1. The highest BCUT2D eigenvalue weighted by molar-refractivity contribution is 6.76. The number of anilines is 4. The van der Waals surface area contributed by atoms with Gasteiger partial charge in [0, 0.05) is 73.5 Å². The topological polar surface area (TPSA) is 178 Å². The number of nitrogens with zero attached hydrogens (tertiary/aromatic N) is 9. The third-order valence-electron chi connectivity index (χ3n) is 14.6. The molecule has 0 spiro atoms. The first kappa shape index (κ1) is 52.3. The van der Waals surface area contributed by atoms with Crippen molar-refractivity contribution in [3.05, 3.63) is 133 Å². The lowest BCUT2D eigenvalue weighted by Crippen LogP contribution is -2.41. The van der Waals surface area contributed by atoms with Crippen molar-refractivity contribution >= 4 is 52.9 Å². The van der Waals surface area contributed by atoms with Crippen LogP contribution in [0.1, 0.15) is 50.9 Å². The van der Waals surface area contributed by atoms with E-state index < -0.39 is 30.9 Å². The van der Waals surface area contributed by atoms with Crippen LogP contribution in [0.3, 0.4) is 0 Å². The van der Waals surface area contributed by atoms with Crippen LogP contribution in [0, 0.1) is 23.5 Å². The maximum absolute atomic E-state index is 15.2. The van der Waals surface area contributed by atoms with Gasteiger partial charge in [0.1, 0.15) is 41.2 Å². The average molecular weight is 1020 g/mol. The zero-order valence-electron chi connectivity index (χ0n) is 43.4.